The fraction of sp³-hybridized carbons (Fsp3) is 0.194. The van der Waals surface area contributed by atoms with Gasteiger partial charge in [-0.2, -0.15) is 4.99 Å². The average Bonchev–Trinajstić information content (AvgIpc) is 3.59. The van der Waals surface area contributed by atoms with Gasteiger partial charge in [0.2, 0.25) is 5.91 Å². The zero-order chi connectivity index (χ0) is 32.3. The fourth-order valence-corrected chi connectivity index (χ4v) is 5.29. The number of carbonyl (C=O) groups is 2. The number of hydrogen-bond donors (Lipinski definition) is 1. The Morgan fingerprint density at radius 3 is 2.53 bits per heavy atom. The maximum absolute atomic E-state index is 14.9. The van der Waals surface area contributed by atoms with Crippen molar-refractivity contribution in [2.45, 2.75) is 33.1 Å². The summed E-state index contributed by atoms with van der Waals surface area (Å²) in [6.45, 7) is 5.94. The van der Waals surface area contributed by atoms with Crippen LogP contribution in [0.5, 0.6) is 5.75 Å². The third kappa shape index (κ3) is 7.76. The van der Waals surface area contributed by atoms with Gasteiger partial charge in [0, 0.05) is 0 Å². The lowest BCUT2D eigenvalue weighted by Gasteiger charge is -2.22. The molecule has 1 saturated heterocycles. The van der Waals surface area contributed by atoms with Crippen molar-refractivity contribution in [1.82, 2.24) is 14.8 Å². The molecule has 5 rings (SSSR count). The van der Waals surface area contributed by atoms with Gasteiger partial charge in [0.15, 0.2) is 11.0 Å². The van der Waals surface area contributed by atoms with Gasteiger partial charge in [0.25, 0.3) is 0 Å². The number of halogens is 4. The van der Waals surface area contributed by atoms with E-state index in [1.807, 2.05) is 39.0 Å². The fourth-order valence-electron chi connectivity index (χ4n) is 4.43. The van der Waals surface area contributed by atoms with E-state index in [2.05, 4.69) is 25.1 Å². The highest BCUT2D eigenvalue weighted by atomic mass is 32.2. The van der Waals surface area contributed by atoms with Crippen molar-refractivity contribution in [3.05, 3.63) is 95.3 Å². The Morgan fingerprint density at radius 1 is 1.09 bits per heavy atom. The maximum atomic E-state index is 14.9. The summed E-state index contributed by atoms with van der Waals surface area (Å²) in [6.07, 6.45) is -0.333. The number of anilines is 2. The molecule has 0 atom stereocenters. The second-order valence-electron chi connectivity index (χ2n) is 10.2. The number of rotatable bonds is 7. The summed E-state index contributed by atoms with van der Waals surface area (Å²) < 4.78 is 57.3. The van der Waals surface area contributed by atoms with Crippen LogP contribution in [-0.2, 0) is 4.79 Å². The lowest BCUT2D eigenvalue weighted by Crippen LogP contribution is -2.31. The van der Waals surface area contributed by atoms with Crippen LogP contribution in [0, 0.1) is 12.7 Å². The smallest absolute Gasteiger partial charge is 0.406 e. The molecule has 3 amide bonds. The van der Waals surface area contributed by atoms with Crippen molar-refractivity contribution >= 4 is 52.4 Å². The molecular formula is C31H26F4N6O3S. The van der Waals surface area contributed by atoms with Crippen LogP contribution >= 0.6 is 11.8 Å². The molecule has 2 heterocycles. The van der Waals surface area contributed by atoms with E-state index in [1.54, 1.807) is 12.1 Å². The number of amidine groups is 1. The number of thioether (sulfide) groups is 1. The van der Waals surface area contributed by atoms with Crippen LogP contribution in [0.3, 0.4) is 0 Å². The number of amides is 3. The monoisotopic (exact) mass is 638 g/mol. The number of benzene rings is 3. The summed E-state index contributed by atoms with van der Waals surface area (Å²) in [4.78, 5) is 35.2. The number of ether oxygens (including phenoxy) is 1. The summed E-state index contributed by atoms with van der Waals surface area (Å²) in [5, 5.41) is 6.89. The van der Waals surface area contributed by atoms with Crippen LogP contribution in [0.15, 0.2) is 72.0 Å². The minimum absolute atomic E-state index is 0.0962. The number of alkyl halides is 3. The first-order chi connectivity index (χ1) is 21.4. The number of nitrogens with one attached hydrogen (secondary N) is 1. The van der Waals surface area contributed by atoms with Crippen LogP contribution in [0.4, 0.5) is 33.7 Å². The Hall–Kier alpha value is -4.98. The van der Waals surface area contributed by atoms with Crippen molar-refractivity contribution in [3.8, 4) is 11.4 Å². The van der Waals surface area contributed by atoms with Crippen molar-refractivity contribution in [2.75, 3.05) is 16.0 Å². The highest BCUT2D eigenvalue weighted by Gasteiger charge is 2.33. The quantitative estimate of drug-likeness (QED) is 0.210. The van der Waals surface area contributed by atoms with Crippen LogP contribution in [0.1, 0.15) is 42.3 Å². The van der Waals surface area contributed by atoms with Crippen LogP contribution < -0.4 is 15.0 Å². The summed E-state index contributed by atoms with van der Waals surface area (Å²) in [5.41, 5.74) is 3.37. The average molecular weight is 639 g/mol. The van der Waals surface area contributed by atoms with Crippen LogP contribution in [0.25, 0.3) is 17.8 Å². The van der Waals surface area contributed by atoms with Gasteiger partial charge in [-0.15, -0.1) is 18.3 Å². The molecule has 45 heavy (non-hydrogen) atoms. The van der Waals surface area contributed by atoms with E-state index in [1.165, 1.54) is 46.3 Å². The number of nitrogens with zero attached hydrogens (tertiary/aromatic N) is 5. The molecule has 4 aromatic rings. The Kier molecular flexibility index (Phi) is 9.04. The van der Waals surface area contributed by atoms with Gasteiger partial charge in [-0.25, -0.2) is 18.9 Å². The van der Waals surface area contributed by atoms with Gasteiger partial charge < -0.3 is 10.1 Å². The zero-order valence-corrected chi connectivity index (χ0v) is 25.0. The lowest BCUT2D eigenvalue weighted by molar-refractivity contribution is -0.274. The molecule has 9 nitrogen and oxygen atoms in total. The van der Waals surface area contributed by atoms with Gasteiger partial charge in [-0.05, 0) is 78.1 Å². The van der Waals surface area contributed by atoms with E-state index < -0.39 is 18.2 Å². The summed E-state index contributed by atoms with van der Waals surface area (Å²) in [7, 11) is 0. The second-order valence-corrected chi connectivity index (χ2v) is 11.2. The third-order valence-electron chi connectivity index (χ3n) is 6.52. The molecule has 1 aliphatic heterocycles. The van der Waals surface area contributed by atoms with Gasteiger partial charge in [-0.3, -0.25) is 9.69 Å². The van der Waals surface area contributed by atoms with E-state index in [-0.39, 0.29) is 40.0 Å². The lowest BCUT2D eigenvalue weighted by atomic mass is 9.99. The minimum Gasteiger partial charge on any atom is -0.406 e. The van der Waals surface area contributed by atoms with E-state index >= 15 is 0 Å². The molecule has 1 fully saturated rings. The second kappa shape index (κ2) is 12.9. The number of aryl methyl sites for hydroxylation is 1. The minimum atomic E-state index is -4.79. The molecule has 232 valence electrons. The van der Waals surface area contributed by atoms with Crippen LogP contribution in [0.2, 0.25) is 0 Å². The number of aromatic nitrogens is 3. The van der Waals surface area contributed by atoms with Gasteiger partial charge in [0.05, 0.1) is 22.8 Å². The summed E-state index contributed by atoms with van der Waals surface area (Å²) in [5.74, 6) is -0.750. The molecule has 1 aromatic heterocycles. The highest BCUT2D eigenvalue weighted by molar-refractivity contribution is 8.15. The number of hydrogen-bond acceptors (Lipinski definition) is 6. The molecule has 1 aliphatic rings. The number of urea groups is 1. The van der Waals surface area contributed by atoms with E-state index in [0.717, 1.165) is 35.0 Å². The SMILES string of the molecule is Cc1ccc(C(C)C)c(N2C(=O)CSC2=NC(=O)Nc2ccc(/C=C/c3ncn(-c4ccc(OC(F)(F)F)cc4)n3)cc2F)c1. The van der Waals surface area contributed by atoms with Gasteiger partial charge in [-0.1, -0.05) is 49.9 Å². The Labute approximate surface area is 259 Å². The van der Waals surface area contributed by atoms with E-state index in [4.69, 9.17) is 0 Å². The Morgan fingerprint density at radius 2 is 1.84 bits per heavy atom. The zero-order valence-electron chi connectivity index (χ0n) is 24.2. The topological polar surface area (TPSA) is 102 Å². The van der Waals surface area contributed by atoms with Crippen LogP contribution in [-0.4, -0.2) is 44.0 Å². The van der Waals surface area contributed by atoms with Crippen molar-refractivity contribution in [2.24, 2.45) is 4.99 Å². The Bertz CT molecular complexity index is 1800. The maximum Gasteiger partial charge on any atom is 0.573 e. The van der Waals surface area contributed by atoms with E-state index in [0.29, 0.717) is 16.9 Å². The van der Waals surface area contributed by atoms with Gasteiger partial charge in [0.1, 0.15) is 17.9 Å². The molecule has 1 N–H and O–H groups in total. The van der Waals surface area contributed by atoms with Crippen molar-refractivity contribution in [1.29, 1.82) is 0 Å². The molecule has 14 heteroatoms. The molecule has 0 saturated carbocycles. The predicted molar refractivity (Wildman–Crippen MR) is 165 cm³/mol. The standard InChI is InChI=1S/C31H26F4N6O3S/c1-18(2)23-11-4-19(3)14-26(23)41-28(42)16-45-30(41)38-29(43)37-25-12-5-20(15-24(25)32)6-13-27-36-17-40(39-27)21-7-9-22(10-8-21)44-31(33,34)35/h4-15,17-18H,16H2,1-3H3,(H,37,43)/b13-6+,38-30?. The summed E-state index contributed by atoms with van der Waals surface area (Å²) in [6, 6.07) is 14.2. The molecule has 0 aliphatic carbocycles. The first-order valence-corrected chi connectivity index (χ1v) is 14.6. The van der Waals surface area contributed by atoms with Crippen molar-refractivity contribution < 1.29 is 31.9 Å². The number of aliphatic imine (C=N–C) groups is 1. The molecular weight excluding hydrogens is 612 g/mol. The normalized spacial score (nSPS) is 14.6. The summed E-state index contributed by atoms with van der Waals surface area (Å²) >= 11 is 1.13. The molecule has 3 aromatic carbocycles. The largest absolute Gasteiger partial charge is 0.573 e. The third-order valence-corrected chi connectivity index (χ3v) is 7.44. The molecule has 0 bridgehead atoms. The molecule has 0 spiro atoms. The first kappa shape index (κ1) is 31.4. The molecule has 0 radical (unpaired) electrons. The predicted octanol–water partition coefficient (Wildman–Crippen LogP) is 7.58. The Balaban J connectivity index is 1.25. The number of carbonyl (C=O) groups excluding carboxylic acids is 2. The first-order valence-electron chi connectivity index (χ1n) is 13.6. The van der Waals surface area contributed by atoms with E-state index in [9.17, 15) is 27.2 Å². The van der Waals surface area contributed by atoms with Gasteiger partial charge >= 0.3 is 12.4 Å². The highest BCUT2D eigenvalue weighted by Crippen LogP contribution is 2.34. The molecule has 0 unspecified atom stereocenters. The van der Waals surface area contributed by atoms with Crippen molar-refractivity contribution in [3.63, 3.8) is 0 Å².